The van der Waals surface area contributed by atoms with Crippen LogP contribution in [0.2, 0.25) is 0 Å². The van der Waals surface area contributed by atoms with Gasteiger partial charge in [-0.15, -0.1) is 0 Å². The highest BCUT2D eigenvalue weighted by molar-refractivity contribution is 7.89. The van der Waals surface area contributed by atoms with Crippen molar-refractivity contribution in [3.05, 3.63) is 71.0 Å². The van der Waals surface area contributed by atoms with E-state index in [2.05, 4.69) is 5.32 Å². The number of benzene rings is 2. The molecule has 1 N–H and O–H groups in total. The molecule has 0 bridgehead atoms. The molecular weight excluding hydrogens is 495 g/mol. The number of sulfonamides is 1. The van der Waals surface area contributed by atoms with Crippen molar-refractivity contribution in [1.29, 1.82) is 0 Å². The van der Waals surface area contributed by atoms with Crippen LogP contribution in [0, 0.1) is 5.82 Å². The Hall–Kier alpha value is -2.33. The van der Waals surface area contributed by atoms with Gasteiger partial charge in [0.25, 0.3) is 0 Å². The number of esters is 1. The average Bonchev–Trinajstić information content (AvgIpc) is 2.88. The Labute approximate surface area is 219 Å². The number of carbonyl (C=O) groups is 1. The third-order valence-electron chi connectivity index (χ3n) is 7.61. The third-order valence-corrected chi connectivity index (χ3v) is 9.98. The zero-order chi connectivity index (χ0) is 26.6. The zero-order valence-electron chi connectivity index (χ0n) is 21.8. The predicted molar refractivity (Wildman–Crippen MR) is 140 cm³/mol. The molecule has 0 radical (unpaired) electrons. The van der Waals surface area contributed by atoms with Crippen LogP contribution in [0.1, 0.15) is 68.4 Å². The monoisotopic (exact) mass is 532 g/mol. The zero-order valence-corrected chi connectivity index (χ0v) is 22.6. The van der Waals surface area contributed by atoms with Crippen molar-refractivity contribution in [1.82, 2.24) is 9.62 Å². The summed E-state index contributed by atoms with van der Waals surface area (Å²) in [4.78, 5) is 12.3. The Kier molecular flexibility index (Phi) is 8.68. The van der Waals surface area contributed by atoms with Crippen LogP contribution in [0.15, 0.2) is 48.5 Å². The highest BCUT2D eigenvalue weighted by Gasteiger charge is 2.41. The normalized spacial score (nSPS) is 24.3. The highest BCUT2D eigenvalue weighted by Crippen LogP contribution is 2.39. The topological polar surface area (TPSA) is 84.9 Å². The number of ether oxygens (including phenoxy) is 2. The van der Waals surface area contributed by atoms with Crippen molar-refractivity contribution in [3.63, 3.8) is 0 Å². The predicted octanol–water partition coefficient (Wildman–Crippen LogP) is 4.43. The quantitative estimate of drug-likeness (QED) is 0.507. The first kappa shape index (κ1) is 27.7. The molecule has 2 aliphatic rings. The number of rotatable bonds is 8. The number of nitrogens with one attached hydrogen (secondary N) is 1. The van der Waals surface area contributed by atoms with E-state index >= 15 is 4.39 Å². The number of hydrogen-bond donors (Lipinski definition) is 1. The lowest BCUT2D eigenvalue weighted by atomic mass is 9.81. The third kappa shape index (κ3) is 5.90. The van der Waals surface area contributed by atoms with E-state index in [0.717, 1.165) is 5.56 Å². The lowest BCUT2D eigenvalue weighted by Crippen LogP contribution is -2.53. The Morgan fingerprint density at radius 2 is 1.89 bits per heavy atom. The van der Waals surface area contributed by atoms with Crippen LogP contribution >= 0.6 is 0 Å². The molecule has 4 rings (SSSR count). The minimum absolute atomic E-state index is 0.0261. The van der Waals surface area contributed by atoms with E-state index in [9.17, 15) is 13.2 Å². The minimum Gasteiger partial charge on any atom is -0.465 e. The molecule has 2 aromatic rings. The van der Waals surface area contributed by atoms with Crippen molar-refractivity contribution in [2.45, 2.75) is 75.9 Å². The second-order valence-corrected chi connectivity index (χ2v) is 12.1. The fraction of sp³-hybridized carbons (Fsp3) is 0.536. The molecule has 0 unspecified atom stereocenters. The summed E-state index contributed by atoms with van der Waals surface area (Å²) >= 11 is 0. The molecule has 2 aromatic carbocycles. The fourth-order valence-electron chi connectivity index (χ4n) is 5.47. The van der Waals surface area contributed by atoms with Gasteiger partial charge < -0.3 is 9.47 Å². The standard InChI is InChI=1S/C28H37FN2O5S/c1-4-36-27(32)21(3)30-28(14-16-35-17-15-28)24-12-11-23(25(29)18-24)19-31-20(2)10-13-26(37(31,33)34)22-8-6-5-7-9-22/h5-9,11-12,18,20-21,26,30H,4,10,13-17,19H2,1-3H3/t20-,21+,26+/m0/s1. The Bertz CT molecular complexity index is 1180. The van der Waals surface area contributed by atoms with Crippen molar-refractivity contribution in [3.8, 4) is 0 Å². The Balaban J connectivity index is 1.59. The van der Waals surface area contributed by atoms with E-state index < -0.39 is 32.7 Å². The lowest BCUT2D eigenvalue weighted by molar-refractivity contribution is -0.146. The summed E-state index contributed by atoms with van der Waals surface area (Å²) in [6.45, 7) is 6.60. The number of nitrogens with zero attached hydrogens (tertiary/aromatic N) is 1. The maximum atomic E-state index is 15.6. The van der Waals surface area contributed by atoms with Gasteiger partial charge in [-0.3, -0.25) is 10.1 Å². The van der Waals surface area contributed by atoms with Gasteiger partial charge >= 0.3 is 5.97 Å². The molecule has 9 heteroatoms. The fourth-order valence-corrected chi connectivity index (χ4v) is 7.66. The molecule has 2 aliphatic heterocycles. The first-order valence-corrected chi connectivity index (χ1v) is 14.5. The molecule has 7 nitrogen and oxygen atoms in total. The molecule has 3 atom stereocenters. The Morgan fingerprint density at radius 3 is 2.54 bits per heavy atom. The van der Waals surface area contributed by atoms with Crippen LogP contribution < -0.4 is 5.32 Å². The van der Waals surface area contributed by atoms with Gasteiger partial charge in [0, 0.05) is 36.9 Å². The van der Waals surface area contributed by atoms with Crippen LogP contribution in [0.25, 0.3) is 0 Å². The summed E-state index contributed by atoms with van der Waals surface area (Å²) in [5.74, 6) is -0.819. The van der Waals surface area contributed by atoms with Gasteiger partial charge in [0.2, 0.25) is 10.0 Å². The smallest absolute Gasteiger partial charge is 0.322 e. The van der Waals surface area contributed by atoms with Gasteiger partial charge in [-0.1, -0.05) is 42.5 Å². The van der Waals surface area contributed by atoms with E-state index in [1.54, 1.807) is 19.9 Å². The molecule has 0 amide bonds. The summed E-state index contributed by atoms with van der Waals surface area (Å²) in [6, 6.07) is 13.4. The Morgan fingerprint density at radius 1 is 1.19 bits per heavy atom. The van der Waals surface area contributed by atoms with Gasteiger partial charge in [-0.05, 0) is 63.6 Å². The molecule has 2 fully saturated rings. The van der Waals surface area contributed by atoms with E-state index in [1.165, 1.54) is 10.4 Å². The lowest BCUT2D eigenvalue weighted by Gasteiger charge is -2.40. The summed E-state index contributed by atoms with van der Waals surface area (Å²) in [7, 11) is -3.67. The summed E-state index contributed by atoms with van der Waals surface area (Å²) in [6.07, 6.45) is 2.40. The SMILES string of the molecule is CCOC(=O)[C@@H](C)NC1(c2ccc(CN3[C@@H](C)CC[C@H](c4ccccc4)S3(=O)=O)c(F)c2)CCOCC1. The number of carbonyl (C=O) groups excluding carboxylic acids is 1. The summed E-state index contributed by atoms with van der Waals surface area (Å²) in [5.41, 5.74) is 1.16. The van der Waals surface area contributed by atoms with Gasteiger partial charge in [0.15, 0.2) is 0 Å². The average molecular weight is 533 g/mol. The second kappa shape index (κ2) is 11.6. The first-order chi connectivity index (χ1) is 17.7. The number of hydrogen-bond acceptors (Lipinski definition) is 6. The maximum absolute atomic E-state index is 15.6. The van der Waals surface area contributed by atoms with E-state index in [-0.39, 0.29) is 25.2 Å². The molecule has 0 aliphatic carbocycles. The van der Waals surface area contributed by atoms with Crippen molar-refractivity contribution in [2.75, 3.05) is 19.8 Å². The van der Waals surface area contributed by atoms with E-state index in [1.807, 2.05) is 43.3 Å². The highest BCUT2D eigenvalue weighted by atomic mass is 32.2. The largest absolute Gasteiger partial charge is 0.465 e. The van der Waals surface area contributed by atoms with Gasteiger partial charge in [-0.25, -0.2) is 12.8 Å². The molecule has 202 valence electrons. The molecule has 2 heterocycles. The van der Waals surface area contributed by atoms with Crippen LogP contribution in [0.5, 0.6) is 0 Å². The van der Waals surface area contributed by atoms with Crippen LogP contribution in [-0.4, -0.2) is 50.6 Å². The van der Waals surface area contributed by atoms with Crippen LogP contribution in [0.3, 0.4) is 0 Å². The van der Waals surface area contributed by atoms with Crippen LogP contribution in [-0.2, 0) is 36.4 Å². The first-order valence-electron chi connectivity index (χ1n) is 13.0. The van der Waals surface area contributed by atoms with Gasteiger partial charge in [-0.2, -0.15) is 4.31 Å². The van der Waals surface area contributed by atoms with E-state index in [0.29, 0.717) is 50.0 Å². The summed E-state index contributed by atoms with van der Waals surface area (Å²) < 4.78 is 54.9. The molecule has 0 spiro atoms. The van der Waals surface area contributed by atoms with Gasteiger partial charge in [0.05, 0.1) is 6.61 Å². The minimum atomic E-state index is -3.67. The van der Waals surface area contributed by atoms with Crippen molar-refractivity contribution in [2.24, 2.45) is 0 Å². The molecule has 0 aromatic heterocycles. The number of halogens is 1. The van der Waals surface area contributed by atoms with Gasteiger partial charge in [0.1, 0.15) is 17.1 Å². The maximum Gasteiger partial charge on any atom is 0.322 e. The molecule has 0 saturated carbocycles. The molecule has 37 heavy (non-hydrogen) atoms. The van der Waals surface area contributed by atoms with Crippen LogP contribution in [0.4, 0.5) is 4.39 Å². The van der Waals surface area contributed by atoms with Crippen molar-refractivity contribution < 1.29 is 27.1 Å². The van der Waals surface area contributed by atoms with E-state index in [4.69, 9.17) is 9.47 Å². The molecular formula is C28H37FN2O5S. The molecule has 2 saturated heterocycles. The van der Waals surface area contributed by atoms with Crippen molar-refractivity contribution >= 4 is 16.0 Å². The second-order valence-electron chi connectivity index (χ2n) is 10.0. The summed E-state index contributed by atoms with van der Waals surface area (Å²) in [5, 5.41) is 2.74.